The molecule has 0 bridgehead atoms. The lowest BCUT2D eigenvalue weighted by atomic mass is 10.1. The molecule has 1 aliphatic heterocycles. The van der Waals surface area contributed by atoms with Gasteiger partial charge in [-0.05, 0) is 26.8 Å². The predicted molar refractivity (Wildman–Crippen MR) is 61.0 cm³/mol. The maximum Gasteiger partial charge on any atom is 0.132 e. The van der Waals surface area contributed by atoms with Gasteiger partial charge in [-0.2, -0.15) is 0 Å². The van der Waals surface area contributed by atoms with Crippen LogP contribution in [0.25, 0.3) is 0 Å². The van der Waals surface area contributed by atoms with Crippen molar-refractivity contribution in [3.8, 4) is 0 Å². The minimum Gasteiger partial charge on any atom is -0.351 e. The van der Waals surface area contributed by atoms with E-state index < -0.39 is 0 Å². The monoisotopic (exact) mass is 206 g/mol. The summed E-state index contributed by atoms with van der Waals surface area (Å²) in [7, 11) is 0. The van der Waals surface area contributed by atoms with Crippen LogP contribution in [-0.2, 0) is 0 Å². The number of aryl methyl sites for hydroxylation is 1. The van der Waals surface area contributed by atoms with Crippen molar-refractivity contribution in [3.63, 3.8) is 0 Å². The molecule has 0 saturated carbocycles. The zero-order chi connectivity index (χ0) is 10.8. The van der Waals surface area contributed by atoms with E-state index in [1.54, 1.807) is 0 Å². The van der Waals surface area contributed by atoms with Gasteiger partial charge < -0.3 is 10.2 Å². The molecule has 1 N–H and O–H groups in total. The Hall–Kier alpha value is -1.16. The third-order valence-corrected chi connectivity index (χ3v) is 2.82. The average molecular weight is 206 g/mol. The molecule has 0 amide bonds. The lowest BCUT2D eigenvalue weighted by molar-refractivity contribution is 0.422. The summed E-state index contributed by atoms with van der Waals surface area (Å²) in [6, 6.07) is 3.01. The van der Waals surface area contributed by atoms with Crippen LogP contribution >= 0.6 is 0 Å². The maximum atomic E-state index is 4.47. The molecular formula is C11H18N4. The minimum atomic E-state index is 0.496. The molecule has 2 rings (SSSR count). The number of rotatable bonds is 1. The summed E-state index contributed by atoms with van der Waals surface area (Å²) in [4.78, 5) is 10.9. The van der Waals surface area contributed by atoms with Crippen molar-refractivity contribution in [1.82, 2.24) is 15.3 Å². The molecule has 4 heteroatoms. The molecule has 1 fully saturated rings. The highest BCUT2D eigenvalue weighted by Crippen LogP contribution is 2.16. The average Bonchev–Trinajstić information content (AvgIpc) is 2.22. The fraction of sp³-hybridized carbons (Fsp3) is 0.636. The third-order valence-electron chi connectivity index (χ3n) is 2.82. The summed E-state index contributed by atoms with van der Waals surface area (Å²) >= 11 is 0. The second kappa shape index (κ2) is 4.14. The van der Waals surface area contributed by atoms with E-state index in [1.165, 1.54) is 0 Å². The highest BCUT2D eigenvalue weighted by Gasteiger charge is 2.23. The van der Waals surface area contributed by atoms with Crippen LogP contribution in [0.4, 0.5) is 5.82 Å². The quantitative estimate of drug-likeness (QED) is 0.743. The Balaban J connectivity index is 2.21. The van der Waals surface area contributed by atoms with E-state index >= 15 is 0 Å². The standard InChI is InChI=1S/C11H18N4/c1-8-7-15(9(2)6-13-8)11-4-5-12-10(3)14-11/h4-5,8-9,13H,6-7H2,1-3H3. The van der Waals surface area contributed by atoms with Crippen LogP contribution in [-0.4, -0.2) is 35.1 Å². The van der Waals surface area contributed by atoms with Gasteiger partial charge in [0.15, 0.2) is 0 Å². The topological polar surface area (TPSA) is 41.1 Å². The fourth-order valence-corrected chi connectivity index (χ4v) is 1.94. The Kier molecular flexibility index (Phi) is 2.86. The Morgan fingerprint density at radius 3 is 3.00 bits per heavy atom. The van der Waals surface area contributed by atoms with Gasteiger partial charge in [-0.25, -0.2) is 9.97 Å². The van der Waals surface area contributed by atoms with Gasteiger partial charge in [0.2, 0.25) is 0 Å². The summed E-state index contributed by atoms with van der Waals surface area (Å²) in [5.74, 6) is 1.88. The van der Waals surface area contributed by atoms with Gasteiger partial charge in [0.1, 0.15) is 11.6 Å². The molecule has 0 radical (unpaired) electrons. The predicted octanol–water partition coefficient (Wildman–Crippen LogP) is 0.972. The van der Waals surface area contributed by atoms with Gasteiger partial charge in [-0.1, -0.05) is 0 Å². The molecule has 1 aromatic rings. The van der Waals surface area contributed by atoms with Crippen molar-refractivity contribution < 1.29 is 0 Å². The molecule has 82 valence electrons. The van der Waals surface area contributed by atoms with Crippen LogP contribution in [0.15, 0.2) is 12.3 Å². The summed E-state index contributed by atoms with van der Waals surface area (Å²) in [6.45, 7) is 8.38. The van der Waals surface area contributed by atoms with Crippen molar-refractivity contribution in [1.29, 1.82) is 0 Å². The second-order valence-corrected chi connectivity index (χ2v) is 4.27. The van der Waals surface area contributed by atoms with Crippen LogP contribution in [0.2, 0.25) is 0 Å². The Morgan fingerprint density at radius 2 is 2.27 bits per heavy atom. The Bertz CT molecular complexity index is 339. The molecule has 1 saturated heterocycles. The fourth-order valence-electron chi connectivity index (χ4n) is 1.94. The number of hydrogen-bond acceptors (Lipinski definition) is 4. The van der Waals surface area contributed by atoms with E-state index in [1.807, 2.05) is 19.2 Å². The van der Waals surface area contributed by atoms with Crippen molar-refractivity contribution in [3.05, 3.63) is 18.1 Å². The van der Waals surface area contributed by atoms with Crippen molar-refractivity contribution in [2.45, 2.75) is 32.9 Å². The molecule has 0 aromatic carbocycles. The number of hydrogen-bond donors (Lipinski definition) is 1. The minimum absolute atomic E-state index is 0.496. The maximum absolute atomic E-state index is 4.47. The normalized spacial score (nSPS) is 26.7. The van der Waals surface area contributed by atoms with Gasteiger partial charge in [0.25, 0.3) is 0 Å². The van der Waals surface area contributed by atoms with E-state index in [9.17, 15) is 0 Å². The number of aromatic nitrogens is 2. The Morgan fingerprint density at radius 1 is 1.47 bits per heavy atom. The second-order valence-electron chi connectivity index (χ2n) is 4.27. The summed E-state index contributed by atoms with van der Waals surface area (Å²) in [6.07, 6.45) is 1.83. The molecule has 0 spiro atoms. The molecule has 4 nitrogen and oxygen atoms in total. The lowest BCUT2D eigenvalue weighted by Gasteiger charge is -2.38. The molecule has 0 aliphatic carbocycles. The molecule has 15 heavy (non-hydrogen) atoms. The highest BCUT2D eigenvalue weighted by atomic mass is 15.3. The zero-order valence-electron chi connectivity index (χ0n) is 9.57. The summed E-state index contributed by atoms with van der Waals surface area (Å²) in [5, 5.41) is 3.46. The van der Waals surface area contributed by atoms with Crippen LogP contribution in [0.1, 0.15) is 19.7 Å². The van der Waals surface area contributed by atoms with Crippen molar-refractivity contribution in [2.75, 3.05) is 18.0 Å². The molecule has 2 heterocycles. The van der Waals surface area contributed by atoms with Gasteiger partial charge in [0, 0.05) is 31.4 Å². The van der Waals surface area contributed by atoms with Crippen LogP contribution in [0.3, 0.4) is 0 Å². The van der Waals surface area contributed by atoms with Gasteiger partial charge in [-0.3, -0.25) is 0 Å². The number of anilines is 1. The van der Waals surface area contributed by atoms with E-state index in [4.69, 9.17) is 0 Å². The summed E-state index contributed by atoms with van der Waals surface area (Å²) in [5.41, 5.74) is 0. The van der Waals surface area contributed by atoms with E-state index in [-0.39, 0.29) is 0 Å². The largest absolute Gasteiger partial charge is 0.351 e. The lowest BCUT2D eigenvalue weighted by Crippen LogP contribution is -2.54. The highest BCUT2D eigenvalue weighted by molar-refractivity contribution is 5.39. The first-order valence-electron chi connectivity index (χ1n) is 5.46. The molecule has 2 atom stereocenters. The zero-order valence-corrected chi connectivity index (χ0v) is 9.57. The number of piperazine rings is 1. The first kappa shape index (κ1) is 10.4. The van der Waals surface area contributed by atoms with E-state index in [0.717, 1.165) is 24.7 Å². The molecule has 1 aliphatic rings. The third kappa shape index (κ3) is 2.26. The van der Waals surface area contributed by atoms with Crippen molar-refractivity contribution in [2.24, 2.45) is 0 Å². The van der Waals surface area contributed by atoms with Crippen molar-refractivity contribution >= 4 is 5.82 Å². The number of nitrogens with one attached hydrogen (secondary N) is 1. The van der Waals surface area contributed by atoms with E-state index in [2.05, 4.69) is 34.0 Å². The first-order chi connectivity index (χ1) is 7.16. The molecular weight excluding hydrogens is 188 g/mol. The van der Waals surface area contributed by atoms with Gasteiger partial charge in [-0.15, -0.1) is 0 Å². The van der Waals surface area contributed by atoms with Crippen LogP contribution < -0.4 is 10.2 Å². The smallest absolute Gasteiger partial charge is 0.132 e. The first-order valence-corrected chi connectivity index (χ1v) is 5.46. The SMILES string of the molecule is Cc1nccc(N2CC(C)NCC2C)n1. The summed E-state index contributed by atoms with van der Waals surface area (Å²) < 4.78 is 0. The number of nitrogens with zero attached hydrogens (tertiary/aromatic N) is 3. The molecule has 2 unspecified atom stereocenters. The van der Waals surface area contributed by atoms with Gasteiger partial charge >= 0.3 is 0 Å². The Labute approximate surface area is 90.7 Å². The molecule has 1 aromatic heterocycles. The van der Waals surface area contributed by atoms with Crippen LogP contribution in [0, 0.1) is 6.92 Å². The van der Waals surface area contributed by atoms with Crippen LogP contribution in [0.5, 0.6) is 0 Å². The van der Waals surface area contributed by atoms with E-state index in [0.29, 0.717) is 12.1 Å². The van der Waals surface area contributed by atoms with Gasteiger partial charge in [0.05, 0.1) is 0 Å².